The molecule has 0 aliphatic carbocycles. The number of nitrogens with zero attached hydrogens (tertiary/aromatic N) is 2. The average molecular weight is 556 g/mol. The minimum atomic E-state index is -4.11. The van der Waals surface area contributed by atoms with Crippen molar-refractivity contribution in [2.45, 2.75) is 71.8 Å². The van der Waals surface area contributed by atoms with Crippen LogP contribution >= 0.6 is 7.75 Å². The zero-order valence-corrected chi connectivity index (χ0v) is 23.1. The van der Waals surface area contributed by atoms with E-state index < -0.39 is 32.1 Å². The molecule has 0 saturated heterocycles. The molecule has 1 atom stereocenters. The van der Waals surface area contributed by atoms with Gasteiger partial charge in [-0.15, -0.1) is 4.76 Å². The molecule has 0 spiro atoms. The number of ether oxygens (including phenoxy) is 4. The van der Waals surface area contributed by atoms with Gasteiger partial charge >= 0.3 is 26.0 Å². The number of hydrogen-bond acceptors (Lipinski definition) is 10. The molecule has 0 aliphatic heterocycles. The van der Waals surface area contributed by atoms with Crippen molar-refractivity contribution < 1.29 is 52.1 Å². The van der Waals surface area contributed by atoms with Crippen molar-refractivity contribution in [3.05, 3.63) is 0 Å². The first-order chi connectivity index (χ1) is 17.6. The molecule has 0 fully saturated rings. The molecule has 0 aliphatic rings. The maximum absolute atomic E-state index is 13.2. The molecule has 37 heavy (non-hydrogen) atoms. The fourth-order valence-corrected chi connectivity index (χ4v) is 3.90. The highest BCUT2D eigenvalue weighted by Gasteiger charge is 2.28. The fourth-order valence-electron chi connectivity index (χ4n) is 2.60. The van der Waals surface area contributed by atoms with Gasteiger partial charge in [0.05, 0.1) is 39.6 Å². The number of rotatable bonds is 20. The topological polar surface area (TPSA) is 186 Å². The summed E-state index contributed by atoms with van der Waals surface area (Å²) in [7, 11) is -2.70. The van der Waals surface area contributed by atoms with E-state index in [1.165, 1.54) is 11.9 Å². The van der Waals surface area contributed by atoms with E-state index in [-0.39, 0.29) is 52.0 Å². The summed E-state index contributed by atoms with van der Waals surface area (Å²) in [6.45, 7) is 6.00. The van der Waals surface area contributed by atoms with Crippen molar-refractivity contribution in [3.8, 4) is 0 Å². The van der Waals surface area contributed by atoms with Gasteiger partial charge in [0.15, 0.2) is 0 Å². The summed E-state index contributed by atoms with van der Waals surface area (Å²) in [5.74, 6) is -1.43. The average Bonchev–Trinajstić information content (AvgIpc) is 2.85. The number of aliphatic carboxylic acids is 1. The van der Waals surface area contributed by atoms with E-state index in [0.717, 1.165) is 0 Å². The molecule has 0 aromatic heterocycles. The summed E-state index contributed by atoms with van der Waals surface area (Å²) >= 11 is 0. The van der Waals surface area contributed by atoms with Gasteiger partial charge in [-0.3, -0.25) is 9.05 Å². The highest BCUT2D eigenvalue weighted by molar-refractivity contribution is 7.52. The van der Waals surface area contributed by atoms with Crippen LogP contribution in [0.4, 0.5) is 9.59 Å². The molecule has 0 amide bonds. The highest BCUT2D eigenvalue weighted by Crippen LogP contribution is 2.50. The van der Waals surface area contributed by atoms with Crippen molar-refractivity contribution in [1.29, 1.82) is 0 Å². The van der Waals surface area contributed by atoms with E-state index in [0.29, 0.717) is 38.5 Å². The summed E-state index contributed by atoms with van der Waals surface area (Å²) < 4.78 is 47.3. The van der Waals surface area contributed by atoms with Crippen LogP contribution in [0.15, 0.2) is 4.76 Å². The molecule has 3 N–H and O–H groups in total. The van der Waals surface area contributed by atoms with Crippen molar-refractivity contribution in [2.24, 2.45) is 10.5 Å². The van der Waals surface area contributed by atoms with Crippen LogP contribution in [0.3, 0.4) is 0 Å². The summed E-state index contributed by atoms with van der Waals surface area (Å²) in [5, 5.41) is 9.34. The van der Waals surface area contributed by atoms with E-state index in [4.69, 9.17) is 33.7 Å². The lowest BCUT2D eigenvalue weighted by Gasteiger charge is -2.25. The minimum Gasteiger partial charge on any atom is -0.480 e. The Morgan fingerprint density at radius 3 is 1.59 bits per heavy atom. The number of nitrogens with two attached hydrogens (primary N) is 1. The Balaban J connectivity index is 4.87. The number of hydrogen-bond donors (Lipinski definition) is 2. The lowest BCUT2D eigenvalue weighted by Crippen LogP contribution is -2.45. The molecule has 0 heterocycles. The van der Waals surface area contributed by atoms with E-state index in [1.807, 2.05) is 13.8 Å². The Hall–Kier alpha value is -2.57. The van der Waals surface area contributed by atoms with E-state index in [9.17, 15) is 24.1 Å². The van der Waals surface area contributed by atoms with Gasteiger partial charge in [-0.2, -0.15) is 0 Å². The Morgan fingerprint density at radius 2 is 1.22 bits per heavy atom. The van der Waals surface area contributed by atoms with E-state index in [2.05, 4.69) is 4.76 Å². The zero-order valence-electron chi connectivity index (χ0n) is 22.2. The minimum absolute atomic E-state index is 0.0480. The number of guanidine groups is 1. The van der Waals surface area contributed by atoms with Crippen molar-refractivity contribution in [1.82, 2.24) is 4.90 Å². The molecule has 0 radical (unpaired) electrons. The van der Waals surface area contributed by atoms with Crippen molar-refractivity contribution in [2.75, 3.05) is 46.7 Å². The molecular formula is C22H42N3O11P. The predicted octanol–water partition coefficient (Wildman–Crippen LogP) is 3.92. The van der Waals surface area contributed by atoms with Crippen LogP contribution in [-0.4, -0.2) is 87.0 Å². The van der Waals surface area contributed by atoms with Crippen LogP contribution < -0.4 is 5.73 Å². The van der Waals surface area contributed by atoms with Gasteiger partial charge in [0.25, 0.3) is 0 Å². The Labute approximate surface area is 218 Å². The number of carbonyl (C=O) groups excluding carboxylic acids is 2. The molecule has 216 valence electrons. The van der Waals surface area contributed by atoms with Gasteiger partial charge in [-0.1, -0.05) is 20.8 Å². The van der Waals surface area contributed by atoms with Crippen LogP contribution in [0.5, 0.6) is 0 Å². The fraction of sp³-hybridized carbons (Fsp3) is 0.818. The third-order valence-corrected chi connectivity index (χ3v) is 6.07. The standard InChI is InChI=1S/C22H42N3O11P/c1-5-12-31-21(28)33-14-8-10-16-35-37(30,24-20(23)25(4)18(7-3)19(26)27)36-17-11-9-15-34-22(29)32-13-6-2/h18H,5-17H2,1-4H3,(H,26,27)(H2,23,24,30). The molecule has 0 rings (SSSR count). The van der Waals surface area contributed by atoms with Crippen molar-refractivity contribution in [3.63, 3.8) is 0 Å². The number of unbranched alkanes of at least 4 members (excludes halogenated alkanes) is 2. The van der Waals surface area contributed by atoms with Gasteiger partial charge in [-0.05, 0) is 44.9 Å². The normalized spacial score (nSPS) is 12.5. The van der Waals surface area contributed by atoms with Crippen LogP contribution in [0, 0.1) is 0 Å². The summed E-state index contributed by atoms with van der Waals surface area (Å²) in [4.78, 5) is 35.3. The summed E-state index contributed by atoms with van der Waals surface area (Å²) in [5.41, 5.74) is 5.91. The second-order valence-corrected chi connectivity index (χ2v) is 9.43. The summed E-state index contributed by atoms with van der Waals surface area (Å²) in [6, 6.07) is -0.980. The number of carboxylic acids is 1. The Morgan fingerprint density at radius 1 is 0.811 bits per heavy atom. The Kier molecular flexibility index (Phi) is 19.1. The lowest BCUT2D eigenvalue weighted by molar-refractivity contribution is -0.141. The molecule has 0 bridgehead atoms. The number of carboxylic acid groups (broad SMARTS) is 1. The van der Waals surface area contributed by atoms with Gasteiger partial charge in [0.1, 0.15) is 6.04 Å². The van der Waals surface area contributed by atoms with Gasteiger partial charge < -0.3 is 34.7 Å². The molecule has 14 nitrogen and oxygen atoms in total. The first-order valence-electron chi connectivity index (χ1n) is 12.4. The highest BCUT2D eigenvalue weighted by atomic mass is 31.2. The molecule has 0 saturated carbocycles. The molecular weight excluding hydrogens is 513 g/mol. The molecule has 1 unspecified atom stereocenters. The number of likely N-dealkylation sites (N-methyl/N-ethyl adjacent to an activating group) is 1. The van der Waals surface area contributed by atoms with Crippen molar-refractivity contribution >= 4 is 32.0 Å². The molecule has 0 aromatic carbocycles. The van der Waals surface area contributed by atoms with E-state index in [1.54, 1.807) is 6.92 Å². The van der Waals surface area contributed by atoms with E-state index >= 15 is 0 Å². The van der Waals surface area contributed by atoms with Crippen LogP contribution in [0.2, 0.25) is 0 Å². The zero-order chi connectivity index (χ0) is 28.1. The smallest absolute Gasteiger partial charge is 0.480 e. The first kappa shape index (κ1) is 34.4. The van der Waals surface area contributed by atoms with Crippen LogP contribution in [-0.2, 0) is 37.4 Å². The number of carbonyl (C=O) groups is 3. The maximum atomic E-state index is 13.2. The van der Waals surface area contributed by atoms with Gasteiger partial charge in [-0.25, -0.2) is 18.9 Å². The third-order valence-electron chi connectivity index (χ3n) is 4.60. The molecule has 0 aromatic rings. The third kappa shape index (κ3) is 16.7. The first-order valence-corrected chi connectivity index (χ1v) is 13.9. The quantitative estimate of drug-likeness (QED) is 0.0724. The van der Waals surface area contributed by atoms with Crippen LogP contribution in [0.1, 0.15) is 65.7 Å². The van der Waals surface area contributed by atoms with Gasteiger partial charge in [0.2, 0.25) is 5.96 Å². The predicted molar refractivity (Wildman–Crippen MR) is 134 cm³/mol. The largest absolute Gasteiger partial charge is 0.508 e. The second kappa shape index (κ2) is 20.5. The monoisotopic (exact) mass is 555 g/mol. The van der Waals surface area contributed by atoms with Crippen LogP contribution in [0.25, 0.3) is 0 Å². The molecule has 15 heteroatoms. The lowest BCUT2D eigenvalue weighted by atomic mass is 10.2. The summed E-state index contributed by atoms with van der Waals surface area (Å²) in [6.07, 6.45) is 1.61. The Bertz CT molecular complexity index is 715. The maximum Gasteiger partial charge on any atom is 0.508 e. The van der Waals surface area contributed by atoms with Gasteiger partial charge in [0, 0.05) is 7.05 Å². The second-order valence-electron chi connectivity index (χ2n) is 7.77. The SMILES string of the molecule is CCCOC(=O)OCCCCOP(=O)(N=C(N)N(C)C(CC)C(=O)O)OCCCCOC(=O)OCCC.